The number of hydrogen-bond acceptors (Lipinski definition) is 3. The number of aromatic nitrogens is 2. The lowest BCUT2D eigenvalue weighted by Crippen LogP contribution is -2.29. The lowest BCUT2D eigenvalue weighted by atomic mass is 10.1. The second-order valence-electron chi connectivity index (χ2n) is 4.65. The second kappa shape index (κ2) is 6.93. The molecule has 0 bridgehead atoms. The number of rotatable bonds is 5. The van der Waals surface area contributed by atoms with Crippen molar-refractivity contribution in [2.75, 3.05) is 6.54 Å². The van der Waals surface area contributed by atoms with E-state index in [0.29, 0.717) is 15.6 Å². The van der Waals surface area contributed by atoms with E-state index in [-0.39, 0.29) is 18.9 Å². The van der Waals surface area contributed by atoms with Gasteiger partial charge in [0, 0.05) is 35.4 Å². The summed E-state index contributed by atoms with van der Waals surface area (Å²) in [6.45, 7) is 0.0442. The van der Waals surface area contributed by atoms with Crippen molar-refractivity contribution in [3.05, 3.63) is 51.8 Å². The van der Waals surface area contributed by atoms with Crippen LogP contribution in [-0.4, -0.2) is 27.3 Å². The minimum atomic E-state index is -0.955. The van der Waals surface area contributed by atoms with E-state index < -0.39 is 6.10 Å². The molecule has 0 aliphatic heterocycles. The van der Waals surface area contributed by atoms with Crippen LogP contribution in [0.1, 0.15) is 17.2 Å². The number of nitrogens with one attached hydrogen (secondary N) is 1. The van der Waals surface area contributed by atoms with Crippen LogP contribution >= 0.6 is 23.2 Å². The molecule has 1 atom stereocenters. The second-order valence-corrected chi connectivity index (χ2v) is 5.47. The third-order valence-corrected chi connectivity index (χ3v) is 3.61. The number of carbonyl (C=O) groups excluding carboxylic acids is 1. The Hall–Kier alpha value is -1.56. The fraction of sp³-hybridized carbons (Fsp3) is 0.286. The molecule has 0 saturated carbocycles. The number of aryl methyl sites for hydroxylation is 1. The third kappa shape index (κ3) is 4.20. The average Bonchev–Trinajstić information content (AvgIpc) is 2.81. The summed E-state index contributed by atoms with van der Waals surface area (Å²) >= 11 is 12.0. The predicted molar refractivity (Wildman–Crippen MR) is 81.3 cm³/mol. The first-order chi connectivity index (χ1) is 9.97. The quantitative estimate of drug-likeness (QED) is 0.883. The summed E-state index contributed by atoms with van der Waals surface area (Å²) < 4.78 is 1.63. The van der Waals surface area contributed by atoms with E-state index in [1.807, 2.05) is 0 Å². The molecular formula is C14H15Cl2N3O2. The standard InChI is InChI=1S/C14H15Cl2N3O2/c1-19-8-9(6-18-19)5-13(21)17-7-12(20)14-10(15)3-2-4-11(14)16/h2-4,6,8,12,20H,5,7H2,1H3,(H,17,21). The van der Waals surface area contributed by atoms with Gasteiger partial charge in [-0.1, -0.05) is 29.3 Å². The van der Waals surface area contributed by atoms with Crippen molar-refractivity contribution < 1.29 is 9.90 Å². The molecule has 1 unspecified atom stereocenters. The van der Waals surface area contributed by atoms with Crippen LogP contribution in [0.4, 0.5) is 0 Å². The summed E-state index contributed by atoms with van der Waals surface area (Å²) in [5.74, 6) is -0.203. The lowest BCUT2D eigenvalue weighted by Gasteiger charge is -2.15. The topological polar surface area (TPSA) is 67.2 Å². The number of amides is 1. The van der Waals surface area contributed by atoms with Crippen molar-refractivity contribution in [3.8, 4) is 0 Å². The SMILES string of the molecule is Cn1cc(CC(=O)NCC(O)c2c(Cl)cccc2Cl)cn1. The van der Waals surface area contributed by atoms with Gasteiger partial charge in [0.25, 0.3) is 0 Å². The maximum atomic E-state index is 11.8. The fourth-order valence-corrected chi connectivity index (χ4v) is 2.60. The number of benzene rings is 1. The Morgan fingerprint density at radius 2 is 2.10 bits per heavy atom. The van der Waals surface area contributed by atoms with Crippen LogP contribution in [0.3, 0.4) is 0 Å². The first-order valence-corrected chi connectivity index (χ1v) is 7.09. The van der Waals surface area contributed by atoms with Gasteiger partial charge in [-0.25, -0.2) is 0 Å². The molecule has 21 heavy (non-hydrogen) atoms. The van der Waals surface area contributed by atoms with E-state index in [9.17, 15) is 9.90 Å². The van der Waals surface area contributed by atoms with Crippen molar-refractivity contribution in [2.45, 2.75) is 12.5 Å². The van der Waals surface area contributed by atoms with Crippen LogP contribution < -0.4 is 5.32 Å². The molecule has 5 nitrogen and oxygen atoms in total. The number of carbonyl (C=O) groups is 1. The molecule has 2 N–H and O–H groups in total. The number of aliphatic hydroxyl groups is 1. The summed E-state index contributed by atoms with van der Waals surface area (Å²) in [4.78, 5) is 11.8. The van der Waals surface area contributed by atoms with Gasteiger partial charge in [-0.3, -0.25) is 9.48 Å². The molecule has 112 valence electrons. The smallest absolute Gasteiger partial charge is 0.224 e. The van der Waals surface area contributed by atoms with Gasteiger partial charge in [0.2, 0.25) is 5.91 Å². The molecule has 0 fully saturated rings. The van der Waals surface area contributed by atoms with Gasteiger partial charge in [0.05, 0.1) is 18.7 Å². The highest BCUT2D eigenvalue weighted by Crippen LogP contribution is 2.29. The number of hydrogen-bond donors (Lipinski definition) is 2. The highest BCUT2D eigenvalue weighted by molar-refractivity contribution is 6.36. The highest BCUT2D eigenvalue weighted by Gasteiger charge is 2.16. The van der Waals surface area contributed by atoms with Gasteiger partial charge in [0.1, 0.15) is 0 Å². The summed E-state index contributed by atoms with van der Waals surface area (Å²) in [7, 11) is 1.78. The zero-order valence-electron chi connectivity index (χ0n) is 11.4. The van der Waals surface area contributed by atoms with Crippen LogP contribution in [0.2, 0.25) is 10.0 Å². The Balaban J connectivity index is 1.91. The van der Waals surface area contributed by atoms with E-state index in [1.54, 1.807) is 42.3 Å². The van der Waals surface area contributed by atoms with E-state index in [0.717, 1.165) is 5.56 Å². The van der Waals surface area contributed by atoms with E-state index in [1.165, 1.54) is 0 Å². The predicted octanol–water partition coefficient (Wildman–Crippen LogP) is 2.12. The van der Waals surface area contributed by atoms with Gasteiger partial charge in [-0.2, -0.15) is 5.10 Å². The number of nitrogens with zero attached hydrogens (tertiary/aromatic N) is 2. The molecule has 0 saturated heterocycles. The van der Waals surface area contributed by atoms with Crippen molar-refractivity contribution in [2.24, 2.45) is 7.05 Å². The molecule has 1 aromatic carbocycles. The molecule has 1 amide bonds. The molecule has 2 rings (SSSR count). The summed E-state index contributed by atoms with van der Waals surface area (Å²) in [6.07, 6.45) is 2.64. The summed E-state index contributed by atoms with van der Waals surface area (Å²) in [6, 6.07) is 4.98. The minimum absolute atomic E-state index is 0.0442. The van der Waals surface area contributed by atoms with Gasteiger partial charge < -0.3 is 10.4 Å². The maximum absolute atomic E-state index is 11.8. The van der Waals surface area contributed by atoms with Gasteiger partial charge >= 0.3 is 0 Å². The van der Waals surface area contributed by atoms with Gasteiger partial charge in [-0.15, -0.1) is 0 Å². The number of aliphatic hydroxyl groups excluding tert-OH is 1. The maximum Gasteiger partial charge on any atom is 0.224 e. The van der Waals surface area contributed by atoms with E-state index in [4.69, 9.17) is 23.2 Å². The zero-order chi connectivity index (χ0) is 15.4. The van der Waals surface area contributed by atoms with E-state index in [2.05, 4.69) is 10.4 Å². The molecule has 0 radical (unpaired) electrons. The van der Waals surface area contributed by atoms with Gasteiger partial charge in [-0.05, 0) is 17.7 Å². The fourth-order valence-electron chi connectivity index (χ4n) is 1.95. The Morgan fingerprint density at radius 3 is 2.67 bits per heavy atom. The summed E-state index contributed by atoms with van der Waals surface area (Å²) in [5, 5.41) is 17.5. The first kappa shape index (κ1) is 15.8. The lowest BCUT2D eigenvalue weighted by molar-refractivity contribution is -0.120. The molecule has 1 heterocycles. The monoisotopic (exact) mass is 327 g/mol. The van der Waals surface area contributed by atoms with Crippen LogP contribution in [0.5, 0.6) is 0 Å². The average molecular weight is 328 g/mol. The van der Waals surface area contributed by atoms with Crippen LogP contribution in [0.15, 0.2) is 30.6 Å². The zero-order valence-corrected chi connectivity index (χ0v) is 12.9. The third-order valence-electron chi connectivity index (χ3n) is 2.95. The van der Waals surface area contributed by atoms with Crippen LogP contribution in [-0.2, 0) is 18.3 Å². The molecular weight excluding hydrogens is 313 g/mol. The van der Waals surface area contributed by atoms with Crippen molar-refractivity contribution in [1.82, 2.24) is 15.1 Å². The molecule has 2 aromatic rings. The Morgan fingerprint density at radius 1 is 1.43 bits per heavy atom. The van der Waals surface area contributed by atoms with Crippen molar-refractivity contribution >= 4 is 29.1 Å². The normalized spacial score (nSPS) is 12.2. The molecule has 0 aliphatic rings. The molecule has 7 heteroatoms. The molecule has 0 aliphatic carbocycles. The summed E-state index contributed by atoms with van der Waals surface area (Å²) in [5.41, 5.74) is 1.22. The largest absolute Gasteiger partial charge is 0.386 e. The van der Waals surface area contributed by atoms with Crippen LogP contribution in [0, 0.1) is 0 Å². The first-order valence-electron chi connectivity index (χ1n) is 6.33. The van der Waals surface area contributed by atoms with Gasteiger partial charge in [0.15, 0.2) is 0 Å². The Labute approximate surface area is 132 Å². The van der Waals surface area contributed by atoms with Crippen LogP contribution in [0.25, 0.3) is 0 Å². The van der Waals surface area contributed by atoms with E-state index >= 15 is 0 Å². The van der Waals surface area contributed by atoms with Crippen molar-refractivity contribution in [3.63, 3.8) is 0 Å². The Bertz CT molecular complexity index is 623. The molecule has 1 aromatic heterocycles. The highest BCUT2D eigenvalue weighted by atomic mass is 35.5. The number of halogens is 2. The van der Waals surface area contributed by atoms with Crippen molar-refractivity contribution in [1.29, 1.82) is 0 Å². The minimum Gasteiger partial charge on any atom is -0.386 e. The molecule has 0 spiro atoms. The Kier molecular flexibility index (Phi) is 5.22.